The van der Waals surface area contributed by atoms with Gasteiger partial charge in [-0.05, 0) is 23.8 Å². The summed E-state index contributed by atoms with van der Waals surface area (Å²) in [4.78, 5) is 4.15. The number of nitrogens with one attached hydrogen (secondary N) is 1. The molecule has 2 aromatic rings. The van der Waals surface area contributed by atoms with Gasteiger partial charge >= 0.3 is 0 Å². The molecule has 0 bridgehead atoms. The van der Waals surface area contributed by atoms with Crippen LogP contribution in [0.2, 0.25) is 0 Å². The summed E-state index contributed by atoms with van der Waals surface area (Å²) in [5, 5.41) is 3.28. The summed E-state index contributed by atoms with van der Waals surface area (Å²) in [6.07, 6.45) is 1.73. The molecule has 1 aromatic heterocycles. The molecule has 1 aromatic carbocycles. The molecule has 0 unspecified atom stereocenters. The predicted molar refractivity (Wildman–Crippen MR) is 77.2 cm³/mol. The number of hydrogen-bond donors (Lipinski definition) is 1. The van der Waals surface area contributed by atoms with Gasteiger partial charge in [0.1, 0.15) is 0 Å². The fourth-order valence-electron chi connectivity index (χ4n) is 2.10. The average molecular weight is 288 g/mol. The molecule has 6 heteroatoms. The molecule has 0 amide bonds. The van der Waals surface area contributed by atoms with Crippen LogP contribution >= 0.6 is 0 Å². The van der Waals surface area contributed by atoms with Crippen LogP contribution in [0.5, 0.6) is 23.1 Å². The molecule has 0 radical (unpaired) electrons. The molecule has 6 nitrogen and oxygen atoms in total. The summed E-state index contributed by atoms with van der Waals surface area (Å²) in [5.41, 5.74) is 1.94. The number of anilines is 1. The lowest BCUT2D eigenvalue weighted by Gasteiger charge is -2.10. The highest BCUT2D eigenvalue weighted by molar-refractivity contribution is 5.55. The maximum Gasteiger partial charge on any atom is 0.231 e. The molecule has 21 heavy (non-hydrogen) atoms. The molecule has 0 atom stereocenters. The molecular formula is C15H16N2O4. The number of benzene rings is 1. The van der Waals surface area contributed by atoms with Crippen molar-refractivity contribution in [2.75, 3.05) is 26.3 Å². The van der Waals surface area contributed by atoms with E-state index in [0.29, 0.717) is 29.7 Å². The lowest BCUT2D eigenvalue weighted by molar-refractivity contribution is 0.171. The highest BCUT2D eigenvalue weighted by Crippen LogP contribution is 2.41. The summed E-state index contributed by atoms with van der Waals surface area (Å²) >= 11 is 0. The molecule has 1 N–H and O–H groups in total. The second kappa shape index (κ2) is 5.78. The van der Waals surface area contributed by atoms with E-state index < -0.39 is 0 Å². The predicted octanol–water partition coefficient (Wildman–Crippen LogP) is 2.44. The van der Waals surface area contributed by atoms with Crippen molar-refractivity contribution < 1.29 is 18.9 Å². The van der Waals surface area contributed by atoms with Gasteiger partial charge < -0.3 is 24.3 Å². The first-order valence-corrected chi connectivity index (χ1v) is 6.50. The van der Waals surface area contributed by atoms with E-state index in [4.69, 9.17) is 18.9 Å². The Kier molecular flexibility index (Phi) is 3.68. The Hall–Kier alpha value is -2.63. The standard InChI is InChI=1S/C15H16N2O4/c1-18-12-5-10(6-13-15(12)21-9-20-13)7-16-11-3-4-14(19-2)17-8-11/h3-6,8,16H,7,9H2,1-2H3. The van der Waals surface area contributed by atoms with E-state index >= 15 is 0 Å². The van der Waals surface area contributed by atoms with E-state index in [1.54, 1.807) is 20.4 Å². The van der Waals surface area contributed by atoms with Crippen LogP contribution in [0.4, 0.5) is 5.69 Å². The molecule has 0 saturated heterocycles. The number of nitrogens with zero attached hydrogens (tertiary/aromatic N) is 1. The highest BCUT2D eigenvalue weighted by atomic mass is 16.7. The van der Waals surface area contributed by atoms with E-state index in [1.807, 2.05) is 24.3 Å². The van der Waals surface area contributed by atoms with Gasteiger partial charge in [0.15, 0.2) is 11.5 Å². The second-order valence-corrected chi connectivity index (χ2v) is 4.47. The molecule has 1 aliphatic heterocycles. The number of ether oxygens (including phenoxy) is 4. The van der Waals surface area contributed by atoms with Crippen LogP contribution in [-0.4, -0.2) is 26.0 Å². The van der Waals surface area contributed by atoms with Gasteiger partial charge in [-0.3, -0.25) is 0 Å². The number of methoxy groups -OCH3 is 2. The Bertz CT molecular complexity index is 628. The molecule has 1 aliphatic rings. The quantitative estimate of drug-likeness (QED) is 0.911. The van der Waals surface area contributed by atoms with Gasteiger partial charge in [0.25, 0.3) is 0 Å². The van der Waals surface area contributed by atoms with Crippen molar-refractivity contribution in [3.8, 4) is 23.1 Å². The molecule has 0 spiro atoms. The van der Waals surface area contributed by atoms with Crippen LogP contribution in [0.3, 0.4) is 0 Å². The number of hydrogen-bond acceptors (Lipinski definition) is 6. The Morgan fingerprint density at radius 1 is 1.19 bits per heavy atom. The van der Waals surface area contributed by atoms with Crippen LogP contribution in [0, 0.1) is 0 Å². The van der Waals surface area contributed by atoms with Gasteiger partial charge in [-0.1, -0.05) is 0 Å². The maximum atomic E-state index is 5.41. The average Bonchev–Trinajstić information content (AvgIpc) is 3.01. The van der Waals surface area contributed by atoms with Crippen LogP contribution in [0.25, 0.3) is 0 Å². The van der Waals surface area contributed by atoms with Gasteiger partial charge in [0.05, 0.1) is 26.1 Å². The van der Waals surface area contributed by atoms with Crippen molar-refractivity contribution >= 4 is 5.69 Å². The smallest absolute Gasteiger partial charge is 0.231 e. The third-order valence-electron chi connectivity index (χ3n) is 3.16. The molecule has 3 rings (SSSR count). The van der Waals surface area contributed by atoms with E-state index in [9.17, 15) is 0 Å². The van der Waals surface area contributed by atoms with E-state index in [0.717, 1.165) is 11.3 Å². The van der Waals surface area contributed by atoms with Crippen LogP contribution in [0.1, 0.15) is 5.56 Å². The Labute approximate surface area is 122 Å². The van der Waals surface area contributed by atoms with E-state index in [2.05, 4.69) is 10.3 Å². The first kappa shape index (κ1) is 13.4. The van der Waals surface area contributed by atoms with Crippen molar-refractivity contribution in [1.29, 1.82) is 0 Å². The molecule has 2 heterocycles. The van der Waals surface area contributed by atoms with Gasteiger partial charge in [0, 0.05) is 12.6 Å². The second-order valence-electron chi connectivity index (χ2n) is 4.47. The Balaban J connectivity index is 1.72. The first-order valence-electron chi connectivity index (χ1n) is 6.50. The summed E-state index contributed by atoms with van der Waals surface area (Å²) in [6, 6.07) is 7.59. The molecular weight excluding hydrogens is 272 g/mol. The van der Waals surface area contributed by atoms with Crippen molar-refractivity contribution in [2.45, 2.75) is 6.54 Å². The van der Waals surface area contributed by atoms with Crippen molar-refractivity contribution in [1.82, 2.24) is 4.98 Å². The number of rotatable bonds is 5. The Morgan fingerprint density at radius 2 is 2.10 bits per heavy atom. The highest BCUT2D eigenvalue weighted by Gasteiger charge is 2.19. The number of pyridine rings is 1. The summed E-state index contributed by atoms with van der Waals surface area (Å²) in [6.45, 7) is 0.853. The number of aromatic nitrogens is 1. The molecule has 110 valence electrons. The van der Waals surface area contributed by atoms with Gasteiger partial charge in [-0.2, -0.15) is 0 Å². The zero-order valence-electron chi connectivity index (χ0n) is 11.9. The normalized spacial score (nSPS) is 12.1. The van der Waals surface area contributed by atoms with Gasteiger partial charge in [0.2, 0.25) is 18.4 Å². The fourth-order valence-corrected chi connectivity index (χ4v) is 2.10. The third-order valence-corrected chi connectivity index (χ3v) is 3.16. The minimum Gasteiger partial charge on any atom is -0.493 e. The SMILES string of the molecule is COc1ccc(NCc2cc(OC)c3c(c2)OCO3)cn1. The zero-order valence-corrected chi connectivity index (χ0v) is 11.9. The largest absolute Gasteiger partial charge is 0.493 e. The van der Waals surface area contributed by atoms with Crippen LogP contribution < -0.4 is 24.3 Å². The molecule has 0 saturated carbocycles. The van der Waals surface area contributed by atoms with Gasteiger partial charge in [-0.15, -0.1) is 0 Å². The zero-order chi connectivity index (χ0) is 14.7. The maximum absolute atomic E-state index is 5.41. The van der Waals surface area contributed by atoms with Gasteiger partial charge in [-0.25, -0.2) is 4.98 Å². The van der Waals surface area contributed by atoms with E-state index in [-0.39, 0.29) is 6.79 Å². The first-order chi connectivity index (χ1) is 10.3. The van der Waals surface area contributed by atoms with E-state index in [1.165, 1.54) is 0 Å². The summed E-state index contributed by atoms with van der Waals surface area (Å²) in [5.74, 6) is 2.63. The Morgan fingerprint density at radius 3 is 2.81 bits per heavy atom. The fraction of sp³-hybridized carbons (Fsp3) is 0.267. The van der Waals surface area contributed by atoms with Crippen LogP contribution in [0.15, 0.2) is 30.5 Å². The van der Waals surface area contributed by atoms with Crippen LogP contribution in [-0.2, 0) is 6.54 Å². The summed E-state index contributed by atoms with van der Waals surface area (Å²) < 4.78 is 21.1. The summed E-state index contributed by atoms with van der Waals surface area (Å²) in [7, 11) is 3.20. The lowest BCUT2D eigenvalue weighted by atomic mass is 10.2. The van der Waals surface area contributed by atoms with Crippen molar-refractivity contribution in [2.24, 2.45) is 0 Å². The monoisotopic (exact) mass is 288 g/mol. The van der Waals surface area contributed by atoms with Crippen molar-refractivity contribution in [3.05, 3.63) is 36.0 Å². The molecule has 0 fully saturated rings. The number of fused-ring (bicyclic) bond motifs is 1. The molecule has 0 aliphatic carbocycles. The minimum absolute atomic E-state index is 0.227. The lowest BCUT2D eigenvalue weighted by Crippen LogP contribution is -2.00. The minimum atomic E-state index is 0.227. The van der Waals surface area contributed by atoms with Crippen molar-refractivity contribution in [3.63, 3.8) is 0 Å². The topological polar surface area (TPSA) is 61.8 Å². The third kappa shape index (κ3) is 2.79.